The smallest absolute Gasteiger partial charge is 0.270 e. The minimum Gasteiger partial charge on any atom is -0.493 e. The summed E-state index contributed by atoms with van der Waals surface area (Å²) in [6.45, 7) is 0.912. The third-order valence-corrected chi connectivity index (χ3v) is 7.06. The molecule has 10 heteroatoms. The molecule has 1 N–H and O–H groups in total. The monoisotopic (exact) mass is 565 g/mol. The molecular weight excluding hydrogens is 545 g/mol. The number of nitrogens with one attached hydrogen (secondary N) is 1. The summed E-state index contributed by atoms with van der Waals surface area (Å²) in [5.74, 6) is 0.166. The number of carbonyl (C=O) groups excluding carboxylic acids is 2. The van der Waals surface area contributed by atoms with Crippen LogP contribution in [0.25, 0.3) is 17.0 Å². The molecule has 0 atom stereocenters. The van der Waals surface area contributed by atoms with Gasteiger partial charge in [0.2, 0.25) is 0 Å². The highest BCUT2D eigenvalue weighted by atomic mass is 35.5. The minimum absolute atomic E-state index is 0.0357. The number of hydrogen-bond donors (Lipinski definition) is 1. The Hall–Kier alpha value is -3.85. The van der Waals surface area contributed by atoms with Crippen molar-refractivity contribution >= 4 is 75.0 Å². The fourth-order valence-electron chi connectivity index (χ4n) is 4.24. The Morgan fingerprint density at radius 2 is 1.71 bits per heavy atom. The van der Waals surface area contributed by atoms with Gasteiger partial charge >= 0.3 is 0 Å². The first kappa shape index (κ1) is 25.8. The molecule has 0 saturated carbocycles. The lowest BCUT2D eigenvalue weighted by Crippen LogP contribution is -2.54. The van der Waals surface area contributed by atoms with E-state index in [-0.39, 0.29) is 15.7 Å². The fourth-order valence-corrected chi connectivity index (χ4v) is 4.81. The van der Waals surface area contributed by atoms with Crippen LogP contribution >= 0.6 is 35.4 Å². The Labute approximate surface area is 234 Å². The quantitative estimate of drug-likeness (QED) is 0.172. The van der Waals surface area contributed by atoms with E-state index in [1.807, 2.05) is 59.3 Å². The van der Waals surface area contributed by atoms with Gasteiger partial charge in [0.25, 0.3) is 11.8 Å². The predicted molar refractivity (Wildman–Crippen MR) is 153 cm³/mol. The van der Waals surface area contributed by atoms with Crippen molar-refractivity contribution < 1.29 is 19.1 Å². The van der Waals surface area contributed by atoms with Gasteiger partial charge in [-0.05, 0) is 54.7 Å². The highest BCUT2D eigenvalue weighted by Crippen LogP contribution is 2.31. The van der Waals surface area contributed by atoms with E-state index in [4.69, 9.17) is 44.9 Å². The number of rotatable bonds is 7. The number of halogens is 2. The van der Waals surface area contributed by atoms with Crippen LogP contribution in [0.4, 0.5) is 5.69 Å². The van der Waals surface area contributed by atoms with Gasteiger partial charge in [0.1, 0.15) is 12.2 Å². The second kappa shape index (κ2) is 10.9. The van der Waals surface area contributed by atoms with Gasteiger partial charge in [-0.15, -0.1) is 0 Å². The topological polar surface area (TPSA) is 72.8 Å². The molecule has 1 aliphatic heterocycles. The van der Waals surface area contributed by atoms with E-state index < -0.39 is 11.8 Å². The second-order valence-corrected chi connectivity index (χ2v) is 9.55. The molecule has 0 radical (unpaired) electrons. The average molecular weight is 566 g/mol. The van der Waals surface area contributed by atoms with Gasteiger partial charge in [-0.25, -0.2) is 0 Å². The van der Waals surface area contributed by atoms with Gasteiger partial charge in [0, 0.05) is 22.7 Å². The van der Waals surface area contributed by atoms with E-state index >= 15 is 0 Å². The van der Waals surface area contributed by atoms with Crippen molar-refractivity contribution in [2.75, 3.05) is 18.6 Å². The highest BCUT2D eigenvalue weighted by Gasteiger charge is 2.35. The molecule has 1 saturated heterocycles. The zero-order chi connectivity index (χ0) is 26.8. The van der Waals surface area contributed by atoms with Crippen molar-refractivity contribution in [2.24, 2.45) is 0 Å². The molecule has 2 heterocycles. The Bertz CT molecular complexity index is 1610. The second-order valence-electron chi connectivity index (χ2n) is 8.35. The summed E-state index contributed by atoms with van der Waals surface area (Å²) in [7, 11) is 1.60. The summed E-state index contributed by atoms with van der Waals surface area (Å²) in [6.07, 6.45) is 3.46. The first-order valence-electron chi connectivity index (χ1n) is 11.6. The molecule has 1 aromatic heterocycles. The molecule has 0 unspecified atom stereocenters. The van der Waals surface area contributed by atoms with E-state index in [9.17, 15) is 9.59 Å². The lowest BCUT2D eigenvalue weighted by Gasteiger charge is -2.29. The number of ether oxygens (including phenoxy) is 2. The number of hydrogen-bond acceptors (Lipinski definition) is 5. The minimum atomic E-state index is -0.576. The number of amides is 2. The molecule has 2 amide bonds. The van der Waals surface area contributed by atoms with Crippen LogP contribution < -0.4 is 19.7 Å². The van der Waals surface area contributed by atoms with E-state index in [0.717, 1.165) is 10.9 Å². The zero-order valence-electron chi connectivity index (χ0n) is 20.1. The number of benzene rings is 3. The molecule has 38 heavy (non-hydrogen) atoms. The van der Waals surface area contributed by atoms with Gasteiger partial charge < -0.3 is 14.0 Å². The molecule has 5 rings (SSSR count). The van der Waals surface area contributed by atoms with E-state index in [1.165, 1.54) is 11.0 Å². The van der Waals surface area contributed by atoms with Crippen molar-refractivity contribution in [1.29, 1.82) is 0 Å². The maximum absolute atomic E-state index is 13.5. The molecule has 0 spiro atoms. The number of anilines is 1. The lowest BCUT2D eigenvalue weighted by molar-refractivity contribution is -0.122. The first-order valence-corrected chi connectivity index (χ1v) is 12.7. The maximum Gasteiger partial charge on any atom is 0.270 e. The van der Waals surface area contributed by atoms with Crippen molar-refractivity contribution in [1.82, 2.24) is 9.88 Å². The summed E-state index contributed by atoms with van der Waals surface area (Å²) in [5.41, 5.74) is 1.98. The standard InChI is InChI=1S/C28H21Cl2N3O4S/c1-36-24-8-4-5-9-25(24)37-13-12-32-16-17(19-6-2-3-7-23(19)32)14-20-26(34)31-28(38)33(27(20)35)18-10-11-21(29)22(30)15-18/h2-11,14-16H,12-13H2,1H3,(H,31,34,38)/b20-14+. The molecule has 192 valence electrons. The predicted octanol–water partition coefficient (Wildman–Crippen LogP) is 5.87. The number of fused-ring (bicyclic) bond motifs is 1. The number of methoxy groups -OCH3 is 1. The van der Waals surface area contributed by atoms with Gasteiger partial charge in [-0.3, -0.25) is 19.8 Å². The van der Waals surface area contributed by atoms with Crippen LogP contribution in [0, 0.1) is 0 Å². The van der Waals surface area contributed by atoms with Crippen LogP contribution in [0.3, 0.4) is 0 Å². The summed E-state index contributed by atoms with van der Waals surface area (Å²) >= 11 is 17.5. The Morgan fingerprint density at radius 3 is 2.47 bits per heavy atom. The molecular formula is C28H21Cl2N3O4S. The largest absolute Gasteiger partial charge is 0.493 e. The number of thiocarbonyl (C=S) groups is 1. The van der Waals surface area contributed by atoms with Gasteiger partial charge in [-0.1, -0.05) is 53.5 Å². The summed E-state index contributed by atoms with van der Waals surface area (Å²) < 4.78 is 13.3. The van der Waals surface area contributed by atoms with Gasteiger partial charge in [0.15, 0.2) is 16.6 Å². The summed E-state index contributed by atoms with van der Waals surface area (Å²) in [6, 6.07) is 19.9. The first-order chi connectivity index (χ1) is 18.4. The average Bonchev–Trinajstić information content (AvgIpc) is 3.26. The lowest BCUT2D eigenvalue weighted by atomic mass is 10.1. The van der Waals surface area contributed by atoms with E-state index in [0.29, 0.717) is 40.9 Å². The molecule has 0 bridgehead atoms. The summed E-state index contributed by atoms with van der Waals surface area (Å²) in [4.78, 5) is 27.6. The van der Waals surface area contributed by atoms with Crippen LogP contribution in [0.2, 0.25) is 10.0 Å². The molecule has 7 nitrogen and oxygen atoms in total. The number of nitrogens with zero attached hydrogens (tertiary/aromatic N) is 2. The van der Waals surface area contributed by atoms with Crippen LogP contribution in [-0.4, -0.2) is 35.2 Å². The van der Waals surface area contributed by atoms with Crippen molar-refractivity contribution in [2.45, 2.75) is 6.54 Å². The summed E-state index contributed by atoms with van der Waals surface area (Å²) in [5, 5.41) is 4.05. The Morgan fingerprint density at radius 1 is 0.974 bits per heavy atom. The van der Waals surface area contributed by atoms with Gasteiger partial charge in [0.05, 0.1) is 29.4 Å². The third-order valence-electron chi connectivity index (χ3n) is 6.04. The molecule has 1 aliphatic rings. The molecule has 0 aliphatic carbocycles. The number of aromatic nitrogens is 1. The number of carbonyl (C=O) groups is 2. The molecule has 4 aromatic rings. The maximum atomic E-state index is 13.5. The van der Waals surface area contributed by atoms with Gasteiger partial charge in [-0.2, -0.15) is 0 Å². The Kier molecular flexibility index (Phi) is 7.37. The Balaban J connectivity index is 1.45. The fraction of sp³-hybridized carbons (Fsp3) is 0.107. The molecule has 1 fully saturated rings. The van der Waals surface area contributed by atoms with E-state index in [1.54, 1.807) is 25.3 Å². The highest BCUT2D eigenvalue weighted by molar-refractivity contribution is 7.80. The zero-order valence-corrected chi connectivity index (χ0v) is 22.4. The SMILES string of the molecule is COc1ccccc1OCCn1cc(/C=C2\C(=O)NC(=S)N(c3ccc(Cl)c(Cl)c3)C2=O)c2ccccc21. The number of para-hydroxylation sites is 3. The molecule has 3 aromatic carbocycles. The van der Waals surface area contributed by atoms with Crippen molar-refractivity contribution in [3.63, 3.8) is 0 Å². The van der Waals surface area contributed by atoms with Crippen LogP contribution in [-0.2, 0) is 16.1 Å². The van der Waals surface area contributed by atoms with Crippen LogP contribution in [0.5, 0.6) is 11.5 Å². The van der Waals surface area contributed by atoms with Crippen molar-refractivity contribution in [3.05, 3.63) is 94.1 Å². The van der Waals surface area contributed by atoms with Crippen LogP contribution in [0.1, 0.15) is 5.56 Å². The van der Waals surface area contributed by atoms with Crippen LogP contribution in [0.15, 0.2) is 78.5 Å². The van der Waals surface area contributed by atoms with Crippen molar-refractivity contribution in [3.8, 4) is 11.5 Å². The third kappa shape index (κ3) is 4.98. The van der Waals surface area contributed by atoms with E-state index in [2.05, 4.69) is 5.32 Å². The normalized spacial score (nSPS) is 14.8.